The van der Waals surface area contributed by atoms with E-state index in [2.05, 4.69) is 15.5 Å². The fourth-order valence-electron chi connectivity index (χ4n) is 2.63. The van der Waals surface area contributed by atoms with Gasteiger partial charge in [0, 0.05) is 29.2 Å². The molecule has 2 unspecified atom stereocenters. The van der Waals surface area contributed by atoms with Crippen LogP contribution in [0.4, 0.5) is 0 Å². The van der Waals surface area contributed by atoms with Gasteiger partial charge < -0.3 is 10.1 Å². The molecule has 7 nitrogen and oxygen atoms in total. The first-order valence-electron chi connectivity index (χ1n) is 6.42. The van der Waals surface area contributed by atoms with Gasteiger partial charge in [-0.25, -0.2) is 8.42 Å². The zero-order chi connectivity index (χ0) is 16.0. The van der Waals surface area contributed by atoms with E-state index in [0.29, 0.717) is 6.42 Å². The molecule has 0 bridgehead atoms. The Hall–Kier alpha value is -1.12. The molecule has 0 radical (unpaired) electrons. The smallest absolute Gasteiger partial charge is 0.273 e. The predicted molar refractivity (Wildman–Crippen MR) is 76.8 cm³/mol. The van der Waals surface area contributed by atoms with E-state index in [0.717, 1.165) is 0 Å². The third-order valence-corrected chi connectivity index (χ3v) is 5.57. The molecule has 1 saturated carbocycles. The number of nitrogens with zero attached hydrogens (tertiary/aromatic N) is 1. The number of nitrogens with one attached hydrogen (secondary N) is 2. The van der Waals surface area contributed by atoms with Crippen LogP contribution in [0.5, 0.6) is 0 Å². The summed E-state index contributed by atoms with van der Waals surface area (Å²) in [6, 6.07) is -0.113. The van der Waals surface area contributed by atoms with Crippen molar-refractivity contribution >= 4 is 25.6 Å². The molecule has 0 saturated heterocycles. The average molecular weight is 336 g/mol. The maximum Gasteiger partial charge on any atom is 0.273 e. The first kappa shape index (κ1) is 16.3. The van der Waals surface area contributed by atoms with Crippen molar-refractivity contribution < 1.29 is 17.9 Å². The van der Waals surface area contributed by atoms with Crippen LogP contribution in [0.15, 0.2) is 4.90 Å². The van der Waals surface area contributed by atoms with E-state index in [9.17, 15) is 13.2 Å². The molecule has 118 valence electrons. The standard InChI is InChI=1S/C12H18ClN3O4S/c1-6-10(21(13,18)19)9(16-15-6)11(17)14-7-5-8(20-4)12(7,2)3/h7-8H,5H2,1-4H3,(H,14,17)(H,15,16). The lowest BCUT2D eigenvalue weighted by Crippen LogP contribution is -2.61. The van der Waals surface area contributed by atoms with Crippen LogP contribution < -0.4 is 5.32 Å². The molecule has 1 fully saturated rings. The van der Waals surface area contributed by atoms with Crippen LogP contribution in [0.25, 0.3) is 0 Å². The molecular weight excluding hydrogens is 318 g/mol. The van der Waals surface area contributed by atoms with Gasteiger partial charge in [-0.2, -0.15) is 5.10 Å². The number of carbonyl (C=O) groups excluding carboxylic acids is 1. The Bertz CT molecular complexity index is 668. The number of amides is 1. The maximum absolute atomic E-state index is 12.3. The van der Waals surface area contributed by atoms with E-state index in [1.165, 1.54) is 6.92 Å². The van der Waals surface area contributed by atoms with Crippen molar-refractivity contribution in [2.75, 3.05) is 7.11 Å². The summed E-state index contributed by atoms with van der Waals surface area (Å²) in [5.41, 5.74) is -0.201. The number of methoxy groups -OCH3 is 1. The molecule has 9 heteroatoms. The minimum Gasteiger partial charge on any atom is -0.381 e. The lowest BCUT2D eigenvalue weighted by molar-refractivity contribution is -0.0943. The predicted octanol–water partition coefficient (Wildman–Crippen LogP) is 1.19. The number of aryl methyl sites for hydroxylation is 1. The Morgan fingerprint density at radius 3 is 2.62 bits per heavy atom. The number of rotatable bonds is 4. The summed E-state index contributed by atoms with van der Waals surface area (Å²) in [6.07, 6.45) is 0.724. The van der Waals surface area contributed by atoms with Crippen molar-refractivity contribution in [3.8, 4) is 0 Å². The van der Waals surface area contributed by atoms with Crippen LogP contribution in [0.1, 0.15) is 36.5 Å². The fraction of sp³-hybridized carbons (Fsp3) is 0.667. The number of hydrogen-bond acceptors (Lipinski definition) is 5. The van der Waals surface area contributed by atoms with Gasteiger partial charge in [0.05, 0.1) is 11.8 Å². The zero-order valence-electron chi connectivity index (χ0n) is 12.2. The molecule has 0 spiro atoms. The van der Waals surface area contributed by atoms with Crippen LogP contribution in [0.3, 0.4) is 0 Å². The molecule has 2 atom stereocenters. The second-order valence-corrected chi connectivity index (χ2v) is 8.27. The lowest BCUT2D eigenvalue weighted by atomic mass is 9.64. The van der Waals surface area contributed by atoms with Crippen LogP contribution >= 0.6 is 10.7 Å². The van der Waals surface area contributed by atoms with Crippen molar-refractivity contribution in [1.29, 1.82) is 0 Å². The first-order chi connectivity index (χ1) is 9.59. The molecule has 1 heterocycles. The minimum absolute atomic E-state index is 0.0555. The largest absolute Gasteiger partial charge is 0.381 e. The van der Waals surface area contributed by atoms with Gasteiger partial charge in [-0.05, 0) is 13.3 Å². The average Bonchev–Trinajstić information content (AvgIpc) is 2.75. The van der Waals surface area contributed by atoms with E-state index in [1.807, 2.05) is 13.8 Å². The molecule has 0 aromatic carbocycles. The van der Waals surface area contributed by atoms with Crippen molar-refractivity contribution in [2.24, 2.45) is 5.41 Å². The molecule has 1 aromatic rings. The number of hydrogen-bond donors (Lipinski definition) is 2. The number of carbonyl (C=O) groups is 1. The Kier molecular flexibility index (Phi) is 4.07. The SMILES string of the molecule is COC1CC(NC(=O)c2n[nH]c(C)c2S(=O)(=O)Cl)C1(C)C. The zero-order valence-corrected chi connectivity index (χ0v) is 13.8. The second kappa shape index (κ2) is 5.26. The van der Waals surface area contributed by atoms with Crippen molar-refractivity contribution in [2.45, 2.75) is 44.2 Å². The first-order valence-corrected chi connectivity index (χ1v) is 8.73. The van der Waals surface area contributed by atoms with Gasteiger partial charge in [0.15, 0.2) is 5.69 Å². The highest BCUT2D eigenvalue weighted by Gasteiger charge is 2.49. The summed E-state index contributed by atoms with van der Waals surface area (Å²) in [6.45, 7) is 5.45. The van der Waals surface area contributed by atoms with Gasteiger partial charge in [-0.1, -0.05) is 13.8 Å². The Labute approximate surface area is 127 Å². The number of halogens is 1. The number of aromatic nitrogens is 2. The Balaban J connectivity index is 2.20. The Morgan fingerprint density at radius 2 is 2.14 bits per heavy atom. The van der Waals surface area contributed by atoms with Gasteiger partial charge in [0.1, 0.15) is 4.90 Å². The van der Waals surface area contributed by atoms with E-state index < -0.39 is 15.0 Å². The molecule has 1 aliphatic rings. The summed E-state index contributed by atoms with van der Waals surface area (Å²) in [5.74, 6) is -0.564. The normalized spacial score (nSPS) is 24.4. The molecule has 2 N–H and O–H groups in total. The van der Waals surface area contributed by atoms with Crippen LogP contribution in [-0.4, -0.2) is 43.8 Å². The van der Waals surface area contributed by atoms with E-state index in [4.69, 9.17) is 15.4 Å². The number of aromatic amines is 1. The quantitative estimate of drug-likeness (QED) is 0.805. The van der Waals surface area contributed by atoms with Crippen molar-refractivity contribution in [3.05, 3.63) is 11.4 Å². The molecule has 0 aliphatic heterocycles. The highest BCUT2D eigenvalue weighted by Crippen LogP contribution is 2.42. The molecule has 1 aliphatic carbocycles. The number of ether oxygens (including phenoxy) is 1. The number of H-pyrrole nitrogens is 1. The van der Waals surface area contributed by atoms with Gasteiger partial charge in [0.2, 0.25) is 0 Å². The van der Waals surface area contributed by atoms with Gasteiger partial charge in [0.25, 0.3) is 15.0 Å². The fourth-order valence-corrected chi connectivity index (χ4v) is 3.98. The third kappa shape index (κ3) is 2.79. The third-order valence-electron chi connectivity index (χ3n) is 4.12. The monoisotopic (exact) mass is 335 g/mol. The molecule has 2 rings (SSSR count). The van der Waals surface area contributed by atoms with Crippen molar-refractivity contribution in [3.63, 3.8) is 0 Å². The molecule has 1 aromatic heterocycles. The minimum atomic E-state index is -4.04. The maximum atomic E-state index is 12.3. The van der Waals surface area contributed by atoms with Crippen molar-refractivity contribution in [1.82, 2.24) is 15.5 Å². The molecule has 1 amide bonds. The summed E-state index contributed by atoms with van der Waals surface area (Å²) < 4.78 is 28.4. The highest BCUT2D eigenvalue weighted by atomic mass is 35.7. The Morgan fingerprint density at radius 1 is 1.52 bits per heavy atom. The van der Waals surface area contributed by atoms with Gasteiger partial charge >= 0.3 is 0 Å². The summed E-state index contributed by atoms with van der Waals surface area (Å²) in [7, 11) is 2.94. The highest BCUT2D eigenvalue weighted by molar-refractivity contribution is 8.13. The van der Waals surface area contributed by atoms with Crippen LogP contribution in [0, 0.1) is 12.3 Å². The van der Waals surface area contributed by atoms with E-state index >= 15 is 0 Å². The van der Waals surface area contributed by atoms with Gasteiger partial charge in [-0.15, -0.1) is 0 Å². The van der Waals surface area contributed by atoms with E-state index in [1.54, 1.807) is 7.11 Å². The molecular formula is C12H18ClN3O4S. The summed E-state index contributed by atoms with van der Waals surface area (Å²) >= 11 is 0. The lowest BCUT2D eigenvalue weighted by Gasteiger charge is -2.51. The van der Waals surface area contributed by atoms with Gasteiger partial charge in [-0.3, -0.25) is 9.89 Å². The topological polar surface area (TPSA) is 101 Å². The second-order valence-electron chi connectivity index (χ2n) is 5.77. The van der Waals surface area contributed by atoms with Crippen LogP contribution in [-0.2, 0) is 13.8 Å². The summed E-state index contributed by atoms with van der Waals surface area (Å²) in [5, 5.41) is 9.01. The van der Waals surface area contributed by atoms with Crippen LogP contribution in [0.2, 0.25) is 0 Å². The summed E-state index contributed by atoms with van der Waals surface area (Å²) in [4.78, 5) is 12.0. The van der Waals surface area contributed by atoms with E-state index in [-0.39, 0.29) is 33.8 Å². The molecule has 21 heavy (non-hydrogen) atoms.